The van der Waals surface area contributed by atoms with Crippen LogP contribution in [0.5, 0.6) is 0 Å². The van der Waals surface area contributed by atoms with E-state index in [9.17, 15) is 9.59 Å². The van der Waals surface area contributed by atoms with Crippen LogP contribution in [0.15, 0.2) is 64.3 Å². The summed E-state index contributed by atoms with van der Waals surface area (Å²) < 4.78 is 5.47. The second kappa shape index (κ2) is 10.8. The smallest absolute Gasteiger partial charge is 0.338 e. The topological polar surface area (TPSA) is 65.5 Å². The summed E-state index contributed by atoms with van der Waals surface area (Å²) >= 11 is 1.50. The lowest BCUT2D eigenvalue weighted by atomic mass is 9.92. The Bertz CT molecular complexity index is 1080. The van der Waals surface area contributed by atoms with Gasteiger partial charge in [-0.15, -0.1) is 0 Å². The fraction of sp³-hybridized carbons (Fsp3) is 0.444. The molecule has 1 fully saturated rings. The Kier molecular flexibility index (Phi) is 7.82. The van der Waals surface area contributed by atoms with Gasteiger partial charge < -0.3 is 19.4 Å². The van der Waals surface area contributed by atoms with Crippen molar-refractivity contribution in [3.05, 3.63) is 70.4 Å². The highest BCUT2D eigenvalue weighted by atomic mass is 32.2. The normalized spacial score (nSPS) is 20.5. The molecule has 186 valence electrons. The number of piperazine rings is 1. The number of rotatable bonds is 7. The fourth-order valence-electron chi connectivity index (χ4n) is 4.54. The molecule has 0 aliphatic carbocycles. The Labute approximate surface area is 212 Å². The van der Waals surface area contributed by atoms with Crippen molar-refractivity contribution in [3.8, 4) is 0 Å². The van der Waals surface area contributed by atoms with Gasteiger partial charge >= 0.3 is 5.97 Å². The molecule has 3 heterocycles. The molecular formula is C27H34N4O3S. The number of amides is 1. The van der Waals surface area contributed by atoms with Gasteiger partial charge in [0.2, 0.25) is 5.91 Å². The zero-order valence-electron chi connectivity index (χ0n) is 21.0. The van der Waals surface area contributed by atoms with E-state index in [1.54, 1.807) is 6.08 Å². The molecule has 0 N–H and O–H groups in total. The van der Waals surface area contributed by atoms with Gasteiger partial charge in [0.1, 0.15) is 6.61 Å². The highest BCUT2D eigenvalue weighted by Gasteiger charge is 2.41. The van der Waals surface area contributed by atoms with E-state index in [4.69, 9.17) is 9.73 Å². The largest absolute Gasteiger partial charge is 0.458 e. The molecule has 1 atom stereocenters. The molecule has 3 aliphatic rings. The second-order valence-corrected chi connectivity index (χ2v) is 10.3. The number of hydrogen-bond acceptors (Lipinski definition) is 7. The van der Waals surface area contributed by atoms with Gasteiger partial charge in [0.25, 0.3) is 0 Å². The highest BCUT2D eigenvalue weighted by Crippen LogP contribution is 2.45. The number of benzene rings is 1. The van der Waals surface area contributed by atoms with Crippen LogP contribution in [0.25, 0.3) is 0 Å². The van der Waals surface area contributed by atoms with Crippen molar-refractivity contribution in [2.45, 2.75) is 39.2 Å². The third-order valence-corrected chi connectivity index (χ3v) is 7.55. The number of aliphatic imine (C=N–C) groups is 1. The Balaban J connectivity index is 1.67. The van der Waals surface area contributed by atoms with E-state index in [0.29, 0.717) is 17.2 Å². The average molecular weight is 495 g/mol. The zero-order valence-corrected chi connectivity index (χ0v) is 21.8. The summed E-state index contributed by atoms with van der Waals surface area (Å²) in [5.74, 6) is 0.0905. The van der Waals surface area contributed by atoms with Crippen molar-refractivity contribution < 1.29 is 14.3 Å². The van der Waals surface area contributed by atoms with E-state index >= 15 is 0 Å². The van der Waals surface area contributed by atoms with Gasteiger partial charge in [-0.05, 0) is 36.4 Å². The van der Waals surface area contributed by atoms with Crippen LogP contribution in [-0.4, -0.2) is 71.6 Å². The van der Waals surface area contributed by atoms with Crippen LogP contribution in [0.2, 0.25) is 0 Å². The molecule has 3 aliphatic heterocycles. The maximum atomic E-state index is 13.2. The molecule has 0 spiro atoms. The first-order chi connectivity index (χ1) is 16.8. The van der Waals surface area contributed by atoms with Gasteiger partial charge in [-0.25, -0.2) is 9.79 Å². The predicted octanol–water partition coefficient (Wildman–Crippen LogP) is 4.28. The first-order valence-electron chi connectivity index (χ1n) is 12.1. The molecule has 0 saturated carbocycles. The van der Waals surface area contributed by atoms with Crippen LogP contribution in [0.3, 0.4) is 0 Å². The number of ether oxygens (including phenoxy) is 1. The Morgan fingerprint density at radius 3 is 2.51 bits per heavy atom. The van der Waals surface area contributed by atoms with Gasteiger partial charge in [0, 0.05) is 31.9 Å². The van der Waals surface area contributed by atoms with Crippen LogP contribution >= 0.6 is 11.8 Å². The van der Waals surface area contributed by atoms with Crippen molar-refractivity contribution in [1.82, 2.24) is 14.7 Å². The summed E-state index contributed by atoms with van der Waals surface area (Å²) in [6.07, 6.45) is 1.83. The number of carbonyl (C=O) groups excluding carboxylic acids is 2. The second-order valence-electron chi connectivity index (χ2n) is 9.46. The Hall–Kier alpha value is -2.84. The van der Waals surface area contributed by atoms with Crippen LogP contribution in [0.1, 0.15) is 50.3 Å². The molecule has 1 amide bonds. The summed E-state index contributed by atoms with van der Waals surface area (Å²) in [5, 5.41) is 2.77. The van der Waals surface area contributed by atoms with Crippen molar-refractivity contribution in [2.24, 2.45) is 4.99 Å². The predicted molar refractivity (Wildman–Crippen MR) is 141 cm³/mol. The van der Waals surface area contributed by atoms with Crippen molar-refractivity contribution >= 4 is 28.8 Å². The summed E-state index contributed by atoms with van der Waals surface area (Å²) in [7, 11) is 2.07. The molecule has 0 aromatic heterocycles. The minimum atomic E-state index is -0.414. The van der Waals surface area contributed by atoms with Crippen LogP contribution in [0.4, 0.5) is 0 Å². The van der Waals surface area contributed by atoms with Crippen LogP contribution in [-0.2, 0) is 14.3 Å². The minimum Gasteiger partial charge on any atom is -0.458 e. The molecule has 4 rings (SSSR count). The van der Waals surface area contributed by atoms with Crippen LogP contribution < -0.4 is 0 Å². The highest BCUT2D eigenvalue weighted by molar-refractivity contribution is 8.16. The van der Waals surface area contributed by atoms with E-state index in [1.807, 2.05) is 22.1 Å². The Morgan fingerprint density at radius 2 is 1.89 bits per heavy atom. The van der Waals surface area contributed by atoms with E-state index in [0.717, 1.165) is 42.6 Å². The first kappa shape index (κ1) is 25.3. The lowest BCUT2D eigenvalue weighted by Crippen LogP contribution is -2.47. The first-order valence-corrected chi connectivity index (χ1v) is 13.0. The SMILES string of the molecule is C=CCOC(=O)C1=C(C)N=C2SC=C(CC(=O)N3CCN(C)CC3)N2C1c1ccc(C(C)C)cc1. The summed E-state index contributed by atoms with van der Waals surface area (Å²) in [6, 6.07) is 7.94. The summed E-state index contributed by atoms with van der Waals surface area (Å²) in [4.78, 5) is 37.3. The molecule has 1 aromatic carbocycles. The van der Waals surface area contributed by atoms with E-state index in [1.165, 1.54) is 17.3 Å². The van der Waals surface area contributed by atoms with Gasteiger partial charge in [0.15, 0.2) is 5.17 Å². The number of esters is 1. The molecule has 1 aromatic rings. The maximum Gasteiger partial charge on any atom is 0.338 e. The standard InChI is InChI=1S/C27H34N4O3S/c1-6-15-34-26(33)24-19(4)28-27-31(25(24)21-9-7-20(8-10-21)18(2)3)22(17-35-27)16-23(32)30-13-11-29(5)12-14-30/h6-10,17-18,25H,1,11-16H2,2-5H3. The molecule has 8 heteroatoms. The van der Waals surface area contributed by atoms with E-state index in [2.05, 4.69) is 56.6 Å². The number of carbonyl (C=O) groups is 2. The summed E-state index contributed by atoms with van der Waals surface area (Å²) in [6.45, 7) is 13.2. The third kappa shape index (κ3) is 5.38. The number of allylic oxidation sites excluding steroid dienone is 1. The van der Waals surface area contributed by atoms with E-state index in [-0.39, 0.29) is 18.9 Å². The fourth-order valence-corrected chi connectivity index (χ4v) is 5.51. The van der Waals surface area contributed by atoms with Crippen molar-refractivity contribution in [3.63, 3.8) is 0 Å². The van der Waals surface area contributed by atoms with Gasteiger partial charge in [-0.2, -0.15) is 0 Å². The van der Waals surface area contributed by atoms with E-state index < -0.39 is 12.0 Å². The summed E-state index contributed by atoms with van der Waals surface area (Å²) in [5.41, 5.74) is 4.18. The van der Waals surface area contributed by atoms with Gasteiger partial charge in [-0.3, -0.25) is 4.79 Å². The minimum absolute atomic E-state index is 0.0992. The number of amidine groups is 1. The monoisotopic (exact) mass is 494 g/mol. The molecule has 1 saturated heterocycles. The number of nitrogens with zero attached hydrogens (tertiary/aromatic N) is 4. The molecule has 0 bridgehead atoms. The Morgan fingerprint density at radius 1 is 1.20 bits per heavy atom. The number of fused-ring (bicyclic) bond motifs is 1. The lowest BCUT2D eigenvalue weighted by molar-refractivity contribution is -0.138. The van der Waals surface area contributed by atoms with Gasteiger partial charge in [-0.1, -0.05) is 62.5 Å². The molecule has 35 heavy (non-hydrogen) atoms. The molecule has 0 radical (unpaired) electrons. The quantitative estimate of drug-likeness (QED) is 0.417. The molecule has 7 nitrogen and oxygen atoms in total. The van der Waals surface area contributed by atoms with Crippen LogP contribution in [0, 0.1) is 0 Å². The number of likely N-dealkylation sites (N-methyl/N-ethyl adjacent to an activating group) is 1. The van der Waals surface area contributed by atoms with Gasteiger partial charge in [0.05, 0.1) is 23.7 Å². The number of thioether (sulfide) groups is 1. The number of hydrogen-bond donors (Lipinski definition) is 0. The van der Waals surface area contributed by atoms with Crippen molar-refractivity contribution in [1.29, 1.82) is 0 Å². The molecule has 1 unspecified atom stereocenters. The van der Waals surface area contributed by atoms with Crippen molar-refractivity contribution in [2.75, 3.05) is 39.8 Å². The zero-order chi connectivity index (χ0) is 25.1. The lowest BCUT2D eigenvalue weighted by Gasteiger charge is -2.37. The maximum absolute atomic E-state index is 13.2. The third-order valence-electron chi connectivity index (χ3n) is 6.66. The average Bonchev–Trinajstić information content (AvgIpc) is 3.23. The molecular weight excluding hydrogens is 460 g/mol.